The van der Waals surface area contributed by atoms with E-state index in [4.69, 9.17) is 5.73 Å². The number of esters is 1. The van der Waals surface area contributed by atoms with Crippen molar-refractivity contribution in [2.75, 3.05) is 6.61 Å². The molecule has 0 aliphatic carbocycles. The molecule has 0 saturated heterocycles. The number of ether oxygens (including phenoxy) is 1. The van der Waals surface area contributed by atoms with E-state index in [0.717, 1.165) is 6.42 Å². The molecule has 0 unspecified atom stereocenters. The average molecular weight is 145 g/mol. The van der Waals surface area contributed by atoms with Crippen LogP contribution in [0.5, 0.6) is 0 Å². The van der Waals surface area contributed by atoms with Gasteiger partial charge in [0.2, 0.25) is 0 Å². The summed E-state index contributed by atoms with van der Waals surface area (Å²) in [5.41, 5.74) is 4.72. The van der Waals surface area contributed by atoms with E-state index in [1.807, 2.05) is 6.92 Å². The van der Waals surface area contributed by atoms with Crippen molar-refractivity contribution in [2.24, 2.45) is 5.73 Å². The molecule has 0 aromatic rings. The Morgan fingerprint density at radius 3 is 2.50 bits per heavy atom. The normalized spacial score (nSPS) is 8.90. The first-order chi connectivity index (χ1) is 4.66. The minimum atomic E-state index is -0.621. The Morgan fingerprint density at radius 1 is 1.50 bits per heavy atom. The third kappa shape index (κ3) is 5.08. The van der Waals surface area contributed by atoms with Gasteiger partial charge in [0, 0.05) is 6.42 Å². The van der Waals surface area contributed by atoms with E-state index in [-0.39, 0.29) is 12.6 Å². The van der Waals surface area contributed by atoms with Crippen LogP contribution >= 0.6 is 0 Å². The van der Waals surface area contributed by atoms with Gasteiger partial charge in [0.1, 0.15) is 0 Å². The van der Waals surface area contributed by atoms with E-state index in [0.29, 0.717) is 6.42 Å². The second-order valence-corrected chi connectivity index (χ2v) is 1.88. The molecule has 0 spiro atoms. The SMILES string of the molecule is CCCC(=O)OCC(N)=O. The zero-order chi connectivity index (χ0) is 7.98. The van der Waals surface area contributed by atoms with Crippen LogP contribution in [0.25, 0.3) is 0 Å². The number of carbonyl (C=O) groups excluding carboxylic acids is 2. The van der Waals surface area contributed by atoms with Crippen LogP contribution in [-0.4, -0.2) is 18.5 Å². The third-order valence-electron chi connectivity index (χ3n) is 0.830. The van der Waals surface area contributed by atoms with Crippen LogP contribution in [0.1, 0.15) is 19.8 Å². The fourth-order valence-electron chi connectivity index (χ4n) is 0.428. The Bertz CT molecular complexity index is 133. The highest BCUT2D eigenvalue weighted by Crippen LogP contribution is 1.89. The van der Waals surface area contributed by atoms with Gasteiger partial charge in [-0.3, -0.25) is 9.59 Å². The lowest BCUT2D eigenvalue weighted by Gasteiger charge is -1.98. The van der Waals surface area contributed by atoms with Gasteiger partial charge in [-0.15, -0.1) is 0 Å². The number of nitrogens with two attached hydrogens (primary N) is 1. The minimum absolute atomic E-state index is 0.307. The number of rotatable bonds is 4. The molecule has 0 saturated carbocycles. The van der Waals surface area contributed by atoms with Gasteiger partial charge >= 0.3 is 5.97 Å². The molecule has 1 amide bonds. The van der Waals surface area contributed by atoms with Gasteiger partial charge in [-0.2, -0.15) is 0 Å². The first-order valence-corrected chi connectivity index (χ1v) is 3.10. The number of hydrogen-bond donors (Lipinski definition) is 1. The summed E-state index contributed by atoms with van der Waals surface area (Å²) in [7, 11) is 0. The summed E-state index contributed by atoms with van der Waals surface area (Å²) in [6, 6.07) is 0. The van der Waals surface area contributed by atoms with Gasteiger partial charge in [0.15, 0.2) is 6.61 Å². The standard InChI is InChI=1S/C6H11NO3/c1-2-3-6(9)10-4-5(7)8/h2-4H2,1H3,(H2,7,8). The molecule has 0 radical (unpaired) electrons. The van der Waals surface area contributed by atoms with Crippen molar-refractivity contribution in [2.45, 2.75) is 19.8 Å². The highest BCUT2D eigenvalue weighted by molar-refractivity contribution is 5.78. The van der Waals surface area contributed by atoms with Crippen molar-refractivity contribution in [3.05, 3.63) is 0 Å². The minimum Gasteiger partial charge on any atom is -0.456 e. The van der Waals surface area contributed by atoms with Crippen LogP contribution in [0.15, 0.2) is 0 Å². The van der Waals surface area contributed by atoms with Crippen LogP contribution in [0, 0.1) is 0 Å². The average Bonchev–Trinajstić information content (AvgIpc) is 1.85. The maximum atomic E-state index is 10.5. The van der Waals surface area contributed by atoms with Crippen molar-refractivity contribution in [1.29, 1.82) is 0 Å². The summed E-state index contributed by atoms with van der Waals surface area (Å²) >= 11 is 0. The molecule has 4 nitrogen and oxygen atoms in total. The Morgan fingerprint density at radius 2 is 2.10 bits per heavy atom. The second kappa shape index (κ2) is 4.78. The molecule has 0 bridgehead atoms. The summed E-state index contributed by atoms with van der Waals surface area (Å²) in [5.74, 6) is -0.995. The molecular weight excluding hydrogens is 134 g/mol. The molecule has 0 heterocycles. The van der Waals surface area contributed by atoms with Gasteiger partial charge in [0.25, 0.3) is 5.91 Å². The predicted octanol–water partition coefficient (Wildman–Crippen LogP) is -0.185. The van der Waals surface area contributed by atoms with E-state index < -0.39 is 5.91 Å². The Balaban J connectivity index is 3.30. The predicted molar refractivity (Wildman–Crippen MR) is 35.1 cm³/mol. The molecule has 0 aliphatic heterocycles. The van der Waals surface area contributed by atoms with Crippen molar-refractivity contribution in [3.63, 3.8) is 0 Å². The van der Waals surface area contributed by atoms with Gasteiger partial charge in [-0.25, -0.2) is 0 Å². The van der Waals surface area contributed by atoms with Crippen LogP contribution in [-0.2, 0) is 14.3 Å². The van der Waals surface area contributed by atoms with E-state index in [1.165, 1.54) is 0 Å². The van der Waals surface area contributed by atoms with Gasteiger partial charge < -0.3 is 10.5 Å². The zero-order valence-corrected chi connectivity index (χ0v) is 5.92. The number of carbonyl (C=O) groups is 2. The van der Waals surface area contributed by atoms with E-state index >= 15 is 0 Å². The highest BCUT2D eigenvalue weighted by atomic mass is 16.5. The maximum absolute atomic E-state index is 10.5. The summed E-state index contributed by atoms with van der Waals surface area (Å²) in [4.78, 5) is 20.6. The number of hydrogen-bond acceptors (Lipinski definition) is 3. The summed E-state index contributed by atoms with van der Waals surface area (Å²) in [6.07, 6.45) is 1.06. The van der Waals surface area contributed by atoms with Crippen molar-refractivity contribution < 1.29 is 14.3 Å². The van der Waals surface area contributed by atoms with Gasteiger partial charge in [-0.05, 0) is 6.42 Å². The maximum Gasteiger partial charge on any atom is 0.306 e. The van der Waals surface area contributed by atoms with Gasteiger partial charge in [0.05, 0.1) is 0 Å². The Hall–Kier alpha value is -1.06. The quantitative estimate of drug-likeness (QED) is 0.557. The molecular formula is C6H11NO3. The van der Waals surface area contributed by atoms with Crippen LogP contribution in [0.2, 0.25) is 0 Å². The molecule has 0 aromatic heterocycles. The van der Waals surface area contributed by atoms with E-state index in [9.17, 15) is 9.59 Å². The Labute approximate surface area is 59.3 Å². The van der Waals surface area contributed by atoms with Crippen molar-refractivity contribution in [1.82, 2.24) is 0 Å². The number of primary amides is 1. The molecule has 2 N–H and O–H groups in total. The topological polar surface area (TPSA) is 69.4 Å². The molecule has 0 rings (SSSR count). The largest absolute Gasteiger partial charge is 0.456 e. The van der Waals surface area contributed by atoms with Crippen molar-refractivity contribution >= 4 is 11.9 Å². The highest BCUT2D eigenvalue weighted by Gasteiger charge is 2.01. The lowest BCUT2D eigenvalue weighted by molar-refractivity contribution is -0.147. The lowest BCUT2D eigenvalue weighted by atomic mass is 10.3. The fourth-order valence-corrected chi connectivity index (χ4v) is 0.428. The van der Waals surface area contributed by atoms with Crippen LogP contribution in [0.4, 0.5) is 0 Å². The fraction of sp³-hybridized carbons (Fsp3) is 0.667. The van der Waals surface area contributed by atoms with E-state index in [1.54, 1.807) is 0 Å². The molecule has 10 heavy (non-hydrogen) atoms. The van der Waals surface area contributed by atoms with Crippen molar-refractivity contribution in [3.8, 4) is 0 Å². The first-order valence-electron chi connectivity index (χ1n) is 3.10. The lowest BCUT2D eigenvalue weighted by Crippen LogP contribution is -2.20. The summed E-state index contributed by atoms with van der Waals surface area (Å²) in [5, 5.41) is 0. The molecule has 0 atom stereocenters. The molecule has 0 aliphatic rings. The van der Waals surface area contributed by atoms with Crippen LogP contribution < -0.4 is 5.73 Å². The zero-order valence-electron chi connectivity index (χ0n) is 5.92. The smallest absolute Gasteiger partial charge is 0.306 e. The molecule has 0 aromatic carbocycles. The van der Waals surface area contributed by atoms with Crippen LogP contribution in [0.3, 0.4) is 0 Å². The van der Waals surface area contributed by atoms with E-state index in [2.05, 4.69) is 4.74 Å². The molecule has 0 fully saturated rings. The Kier molecular flexibility index (Phi) is 4.28. The summed E-state index contributed by atoms with van der Waals surface area (Å²) < 4.78 is 4.43. The molecule has 58 valence electrons. The number of amides is 1. The monoisotopic (exact) mass is 145 g/mol. The first kappa shape index (κ1) is 8.94. The third-order valence-corrected chi connectivity index (χ3v) is 0.830. The van der Waals surface area contributed by atoms with Gasteiger partial charge in [-0.1, -0.05) is 6.92 Å². The summed E-state index contributed by atoms with van der Waals surface area (Å²) in [6.45, 7) is 1.55. The molecule has 4 heteroatoms. The second-order valence-electron chi connectivity index (χ2n) is 1.88.